The molecule has 0 saturated heterocycles. The van der Waals surface area contributed by atoms with Gasteiger partial charge >= 0.3 is 103 Å². The van der Waals surface area contributed by atoms with Crippen molar-refractivity contribution in [2.45, 2.75) is 71.1 Å². The molecule has 0 aromatic heterocycles. The van der Waals surface area contributed by atoms with Crippen LogP contribution in [-0.2, 0) is 9.59 Å². The molecule has 23 heavy (non-hydrogen) atoms. The fourth-order valence-electron chi connectivity index (χ4n) is 2.40. The van der Waals surface area contributed by atoms with Crippen molar-refractivity contribution in [3.63, 3.8) is 0 Å². The standard InChI is InChI=1S/C16H31NO4.2K/c1-2-3-4-5-6-7-8-9-10-11-12-17(13-15(18)19)14-16(20)21;;/h2-14H2,1H3,(H,18,19)(H,20,21);;/q;2*+1/p-2. The molecule has 0 aromatic rings. The first-order chi connectivity index (χ1) is 10.1. The Morgan fingerprint density at radius 1 is 0.696 bits per heavy atom. The molecule has 0 heterocycles. The van der Waals surface area contributed by atoms with Gasteiger partial charge in [0.15, 0.2) is 0 Å². The molecule has 0 radical (unpaired) electrons. The van der Waals surface area contributed by atoms with E-state index < -0.39 is 11.9 Å². The molecule has 5 nitrogen and oxygen atoms in total. The Morgan fingerprint density at radius 2 is 1.04 bits per heavy atom. The predicted octanol–water partition coefficient (Wildman–Crippen LogP) is -5.28. The number of carboxylic acid groups (broad SMARTS) is 2. The van der Waals surface area contributed by atoms with Crippen LogP contribution < -0.4 is 113 Å². The maximum Gasteiger partial charge on any atom is 1.00 e. The minimum atomic E-state index is -1.25. The van der Waals surface area contributed by atoms with Crippen LogP contribution in [0.5, 0.6) is 0 Å². The monoisotopic (exact) mass is 377 g/mol. The minimum Gasteiger partial charge on any atom is -0.549 e. The van der Waals surface area contributed by atoms with Gasteiger partial charge in [0.25, 0.3) is 0 Å². The number of hydrogen-bond donors (Lipinski definition) is 0. The van der Waals surface area contributed by atoms with Gasteiger partial charge in [-0.1, -0.05) is 64.7 Å². The molecule has 7 heteroatoms. The fourth-order valence-corrected chi connectivity index (χ4v) is 2.40. The first kappa shape index (κ1) is 29.9. The summed E-state index contributed by atoms with van der Waals surface area (Å²) in [6.07, 6.45) is 11.9. The summed E-state index contributed by atoms with van der Waals surface area (Å²) in [6, 6.07) is 0. The number of carbonyl (C=O) groups excluding carboxylic acids is 2. The summed E-state index contributed by atoms with van der Waals surface area (Å²) in [7, 11) is 0. The molecule has 0 N–H and O–H groups in total. The Hall–Kier alpha value is 2.17. The Balaban J connectivity index is -0.00000200. The molecule has 0 aliphatic heterocycles. The van der Waals surface area contributed by atoms with Gasteiger partial charge in [0, 0.05) is 13.1 Å². The molecule has 0 aromatic carbocycles. The topological polar surface area (TPSA) is 83.5 Å². The van der Waals surface area contributed by atoms with E-state index in [4.69, 9.17) is 0 Å². The van der Waals surface area contributed by atoms with Crippen LogP contribution >= 0.6 is 0 Å². The van der Waals surface area contributed by atoms with Crippen molar-refractivity contribution in [3.8, 4) is 0 Å². The molecule has 0 bridgehead atoms. The van der Waals surface area contributed by atoms with Crippen molar-refractivity contribution in [1.29, 1.82) is 0 Å². The SMILES string of the molecule is CCCCCCCCCCCCN(CC(=O)[O-])CC(=O)[O-].[K+].[K+]. The average molecular weight is 378 g/mol. The maximum absolute atomic E-state index is 10.5. The summed E-state index contributed by atoms with van der Waals surface area (Å²) in [5.41, 5.74) is 0. The Kier molecular flexibility index (Phi) is 28.9. The van der Waals surface area contributed by atoms with Gasteiger partial charge in [0.1, 0.15) is 0 Å². The van der Waals surface area contributed by atoms with E-state index in [1.54, 1.807) is 0 Å². The number of rotatable bonds is 15. The number of carboxylic acids is 2. The number of carbonyl (C=O) groups is 2. The molecule has 0 rings (SSSR count). The Labute approximate surface area is 226 Å². The summed E-state index contributed by atoms with van der Waals surface area (Å²) in [4.78, 5) is 22.4. The van der Waals surface area contributed by atoms with E-state index in [0.29, 0.717) is 6.54 Å². The van der Waals surface area contributed by atoms with Gasteiger partial charge in [-0.15, -0.1) is 0 Å². The van der Waals surface area contributed by atoms with Crippen molar-refractivity contribution in [2.24, 2.45) is 0 Å². The van der Waals surface area contributed by atoms with Crippen molar-refractivity contribution >= 4 is 11.9 Å². The third-order valence-electron chi connectivity index (χ3n) is 3.53. The number of nitrogens with zero attached hydrogens (tertiary/aromatic N) is 1. The van der Waals surface area contributed by atoms with Crippen LogP contribution in [0.25, 0.3) is 0 Å². The van der Waals surface area contributed by atoms with Gasteiger partial charge in [0.05, 0.1) is 11.9 Å². The normalized spacial score (nSPS) is 10.0. The maximum atomic E-state index is 10.5. The van der Waals surface area contributed by atoms with Gasteiger partial charge in [0.2, 0.25) is 0 Å². The molecule has 0 amide bonds. The van der Waals surface area contributed by atoms with Crippen LogP contribution in [-0.4, -0.2) is 36.5 Å². The predicted molar refractivity (Wildman–Crippen MR) is 78.3 cm³/mol. The largest absolute Gasteiger partial charge is 1.00 e. The van der Waals surface area contributed by atoms with Crippen molar-refractivity contribution in [1.82, 2.24) is 4.90 Å². The second-order valence-corrected chi connectivity index (χ2v) is 5.64. The van der Waals surface area contributed by atoms with E-state index in [2.05, 4.69) is 6.92 Å². The van der Waals surface area contributed by atoms with Gasteiger partial charge in [-0.25, -0.2) is 0 Å². The number of unbranched alkanes of at least 4 members (excludes halogenated alkanes) is 9. The first-order valence-electron chi connectivity index (χ1n) is 8.18. The molecule has 124 valence electrons. The fraction of sp³-hybridized carbons (Fsp3) is 0.875. The Bertz CT molecular complexity index is 275. The van der Waals surface area contributed by atoms with Gasteiger partial charge in [-0.3, -0.25) is 4.90 Å². The third kappa shape index (κ3) is 24.2. The van der Waals surface area contributed by atoms with Crippen LogP contribution in [0.3, 0.4) is 0 Å². The summed E-state index contributed by atoms with van der Waals surface area (Å²) in [6.45, 7) is 2.00. The van der Waals surface area contributed by atoms with Crippen LogP contribution in [0.4, 0.5) is 0 Å². The van der Waals surface area contributed by atoms with Crippen molar-refractivity contribution in [2.75, 3.05) is 19.6 Å². The average Bonchev–Trinajstić information content (AvgIpc) is 2.39. The summed E-state index contributed by atoms with van der Waals surface area (Å²) >= 11 is 0. The van der Waals surface area contributed by atoms with Crippen LogP contribution in [0.2, 0.25) is 0 Å². The second kappa shape index (κ2) is 22.2. The van der Waals surface area contributed by atoms with E-state index in [1.807, 2.05) is 0 Å². The zero-order valence-corrected chi connectivity index (χ0v) is 21.5. The summed E-state index contributed by atoms with van der Waals surface area (Å²) in [5, 5.41) is 21.0. The first-order valence-corrected chi connectivity index (χ1v) is 8.18. The van der Waals surface area contributed by atoms with Crippen LogP contribution in [0.1, 0.15) is 71.1 Å². The van der Waals surface area contributed by atoms with E-state index in [0.717, 1.165) is 19.3 Å². The number of hydrogen-bond acceptors (Lipinski definition) is 5. The molecule has 0 unspecified atom stereocenters. The van der Waals surface area contributed by atoms with Gasteiger partial charge in [-0.05, 0) is 13.0 Å². The molecule has 0 aliphatic rings. The molecule has 0 fully saturated rings. The smallest absolute Gasteiger partial charge is 0.549 e. The molecule has 0 spiro atoms. The second-order valence-electron chi connectivity index (χ2n) is 5.64. The van der Waals surface area contributed by atoms with Gasteiger partial charge in [-0.2, -0.15) is 0 Å². The summed E-state index contributed by atoms with van der Waals surface area (Å²) in [5.74, 6) is -2.49. The van der Waals surface area contributed by atoms with Crippen LogP contribution in [0.15, 0.2) is 0 Å². The number of aliphatic carboxylic acids is 2. The molecule has 0 saturated carbocycles. The molecular formula is C16H29K2NO4. The van der Waals surface area contributed by atoms with Crippen LogP contribution in [0, 0.1) is 0 Å². The molecule has 0 atom stereocenters. The zero-order chi connectivity index (χ0) is 15.9. The van der Waals surface area contributed by atoms with E-state index in [-0.39, 0.29) is 116 Å². The van der Waals surface area contributed by atoms with Gasteiger partial charge < -0.3 is 19.8 Å². The zero-order valence-electron chi connectivity index (χ0n) is 15.3. The third-order valence-corrected chi connectivity index (χ3v) is 3.53. The quantitative estimate of drug-likeness (QED) is 0.210. The van der Waals surface area contributed by atoms with E-state index >= 15 is 0 Å². The van der Waals surface area contributed by atoms with Crippen molar-refractivity contribution in [3.05, 3.63) is 0 Å². The summed E-state index contributed by atoms with van der Waals surface area (Å²) < 4.78 is 0. The van der Waals surface area contributed by atoms with E-state index in [9.17, 15) is 19.8 Å². The minimum absolute atomic E-state index is 0. The molecular weight excluding hydrogens is 348 g/mol. The van der Waals surface area contributed by atoms with Crippen molar-refractivity contribution < 1.29 is 123 Å². The molecule has 0 aliphatic carbocycles. The van der Waals surface area contributed by atoms with E-state index in [1.165, 1.54) is 49.8 Å². The Morgan fingerprint density at radius 3 is 1.39 bits per heavy atom.